The van der Waals surface area contributed by atoms with Gasteiger partial charge in [-0.1, -0.05) is 50.5 Å². The van der Waals surface area contributed by atoms with Gasteiger partial charge in [-0.2, -0.15) is 0 Å². The number of carboxylic acids is 1. The van der Waals surface area contributed by atoms with E-state index >= 15 is 0 Å². The monoisotopic (exact) mass is 452 g/mol. The Morgan fingerprint density at radius 1 is 1.19 bits per heavy atom. The van der Waals surface area contributed by atoms with E-state index < -0.39 is 18.2 Å². The van der Waals surface area contributed by atoms with Crippen molar-refractivity contribution in [2.75, 3.05) is 6.61 Å². The number of aliphatic carboxylic acids is 1. The molecule has 0 bridgehead atoms. The number of carbonyl (C=O) groups is 1. The number of halogens is 1. The maximum Gasteiger partial charge on any atom is 0.303 e. The first kappa shape index (κ1) is 25.7. The summed E-state index contributed by atoms with van der Waals surface area (Å²) in [6.45, 7) is 2.54. The number of hydrogen-bond acceptors (Lipinski definition) is 4. The summed E-state index contributed by atoms with van der Waals surface area (Å²) in [6, 6.07) is 7.54. The molecule has 1 saturated carbocycles. The maximum absolute atomic E-state index is 10.6. The zero-order chi connectivity index (χ0) is 22.6. The molecule has 1 aromatic rings. The van der Waals surface area contributed by atoms with Crippen LogP contribution >= 0.6 is 11.6 Å². The number of unbranched alkanes of at least 4 members (excludes halogenated alkanes) is 3. The summed E-state index contributed by atoms with van der Waals surface area (Å²) in [5.41, 5.74) is 0.899. The van der Waals surface area contributed by atoms with Crippen LogP contribution in [0.4, 0.5) is 0 Å². The second kappa shape index (κ2) is 13.8. The van der Waals surface area contributed by atoms with Crippen molar-refractivity contribution in [1.29, 1.82) is 0 Å². The molecular formula is C25H37ClO5. The van der Waals surface area contributed by atoms with Gasteiger partial charge in [0, 0.05) is 17.7 Å². The van der Waals surface area contributed by atoms with Crippen LogP contribution in [-0.4, -0.2) is 39.4 Å². The minimum absolute atomic E-state index is 0.0505. The van der Waals surface area contributed by atoms with Crippen molar-refractivity contribution in [1.82, 2.24) is 0 Å². The van der Waals surface area contributed by atoms with Gasteiger partial charge in [0.15, 0.2) is 0 Å². The van der Waals surface area contributed by atoms with Gasteiger partial charge in [0.05, 0.1) is 18.8 Å². The summed E-state index contributed by atoms with van der Waals surface area (Å²) >= 11 is 6.48. The van der Waals surface area contributed by atoms with E-state index in [1.807, 2.05) is 36.4 Å². The van der Waals surface area contributed by atoms with Crippen LogP contribution in [0, 0.1) is 11.8 Å². The van der Waals surface area contributed by atoms with Crippen LogP contribution in [-0.2, 0) is 4.79 Å². The minimum atomic E-state index is -0.774. The zero-order valence-corrected chi connectivity index (χ0v) is 19.2. The topological polar surface area (TPSA) is 87.0 Å². The third kappa shape index (κ3) is 8.83. The zero-order valence-electron chi connectivity index (χ0n) is 18.5. The van der Waals surface area contributed by atoms with Crippen molar-refractivity contribution in [2.24, 2.45) is 11.8 Å². The lowest BCUT2D eigenvalue weighted by Crippen LogP contribution is -2.27. The standard InChI is InChI=1S/C25H37ClO5/c1-2-3-6-10-23(27)18-12-14-19(15-13-18)31-17-21-20(22(26)16-24(21)28)9-7-4-5-8-11-25(29)30/h4,7,12-15,20-24,27-28H,2-3,5-6,8-11,16-17H2,1H3,(H,29,30)/b7-4-. The van der Waals surface area contributed by atoms with Gasteiger partial charge in [-0.25, -0.2) is 0 Å². The van der Waals surface area contributed by atoms with Crippen LogP contribution in [0.5, 0.6) is 5.75 Å². The molecule has 5 unspecified atom stereocenters. The van der Waals surface area contributed by atoms with Crippen LogP contribution in [0.15, 0.2) is 36.4 Å². The Labute approximate surface area is 191 Å². The van der Waals surface area contributed by atoms with E-state index in [0.717, 1.165) is 49.8 Å². The van der Waals surface area contributed by atoms with Gasteiger partial charge in [0.25, 0.3) is 0 Å². The quantitative estimate of drug-likeness (QED) is 0.197. The molecule has 2 rings (SSSR count). The van der Waals surface area contributed by atoms with E-state index in [1.165, 1.54) is 0 Å². The van der Waals surface area contributed by atoms with Crippen LogP contribution in [0.25, 0.3) is 0 Å². The van der Waals surface area contributed by atoms with Gasteiger partial charge in [-0.05, 0) is 55.7 Å². The molecule has 0 amide bonds. The van der Waals surface area contributed by atoms with Crippen molar-refractivity contribution in [3.05, 3.63) is 42.0 Å². The molecule has 0 aromatic heterocycles. The second-order valence-corrected chi connectivity index (χ2v) is 9.09. The van der Waals surface area contributed by atoms with E-state index in [2.05, 4.69) is 6.92 Å². The van der Waals surface area contributed by atoms with Gasteiger partial charge in [0.2, 0.25) is 0 Å². The predicted molar refractivity (Wildman–Crippen MR) is 124 cm³/mol. The highest BCUT2D eigenvalue weighted by Gasteiger charge is 2.41. The smallest absolute Gasteiger partial charge is 0.303 e. The predicted octanol–water partition coefficient (Wildman–Crippen LogP) is 5.48. The number of allylic oxidation sites excluding steroid dienone is 2. The van der Waals surface area contributed by atoms with Gasteiger partial charge in [-0.3, -0.25) is 4.79 Å². The summed E-state index contributed by atoms with van der Waals surface area (Å²) in [4.78, 5) is 10.6. The molecule has 0 heterocycles. The molecule has 5 nitrogen and oxygen atoms in total. The number of benzene rings is 1. The Morgan fingerprint density at radius 3 is 2.61 bits per heavy atom. The number of aliphatic hydroxyl groups is 2. The first-order valence-corrected chi connectivity index (χ1v) is 12.0. The van der Waals surface area contributed by atoms with Crippen LogP contribution < -0.4 is 4.74 Å². The number of aliphatic hydroxyl groups excluding tert-OH is 2. The fraction of sp³-hybridized carbons (Fsp3) is 0.640. The Morgan fingerprint density at radius 2 is 1.94 bits per heavy atom. The van der Waals surface area contributed by atoms with Crippen LogP contribution in [0.3, 0.4) is 0 Å². The molecule has 1 aromatic carbocycles. The molecule has 31 heavy (non-hydrogen) atoms. The van der Waals surface area contributed by atoms with Gasteiger partial charge in [0.1, 0.15) is 5.75 Å². The first-order chi connectivity index (χ1) is 14.9. The highest BCUT2D eigenvalue weighted by Crippen LogP contribution is 2.39. The number of rotatable bonds is 14. The number of hydrogen-bond donors (Lipinski definition) is 3. The molecular weight excluding hydrogens is 416 g/mol. The Bertz CT molecular complexity index is 675. The third-order valence-electron chi connectivity index (χ3n) is 6.10. The Balaban J connectivity index is 1.82. The SMILES string of the molecule is CCCCCC(O)c1ccc(OCC2C(O)CC(Cl)C2C/C=C\CCCC(=O)O)cc1. The summed E-state index contributed by atoms with van der Waals surface area (Å²) in [6.07, 6.45) is 9.98. The first-order valence-electron chi connectivity index (χ1n) is 11.5. The average Bonchev–Trinajstić information content (AvgIpc) is 3.01. The van der Waals surface area contributed by atoms with Crippen molar-refractivity contribution in [3.8, 4) is 5.75 Å². The highest BCUT2D eigenvalue weighted by molar-refractivity contribution is 6.21. The summed E-state index contributed by atoms with van der Waals surface area (Å²) in [5.74, 6) is 0.0135. The third-order valence-corrected chi connectivity index (χ3v) is 6.60. The lowest BCUT2D eigenvalue weighted by atomic mass is 9.92. The average molecular weight is 453 g/mol. The largest absolute Gasteiger partial charge is 0.493 e. The van der Waals surface area contributed by atoms with Gasteiger partial charge in [-0.15, -0.1) is 11.6 Å². The van der Waals surface area contributed by atoms with Crippen molar-refractivity contribution >= 4 is 17.6 Å². The van der Waals surface area contributed by atoms with E-state index in [9.17, 15) is 15.0 Å². The van der Waals surface area contributed by atoms with E-state index in [-0.39, 0.29) is 23.6 Å². The number of alkyl halides is 1. The molecule has 0 spiro atoms. The van der Waals surface area contributed by atoms with E-state index in [4.69, 9.17) is 21.4 Å². The fourth-order valence-corrected chi connectivity index (χ4v) is 4.64. The molecule has 174 valence electrons. The normalized spacial score (nSPS) is 24.5. The maximum atomic E-state index is 10.6. The lowest BCUT2D eigenvalue weighted by Gasteiger charge is -2.23. The van der Waals surface area contributed by atoms with Crippen molar-refractivity contribution in [2.45, 2.75) is 82.3 Å². The molecule has 0 aliphatic heterocycles. The summed E-state index contributed by atoms with van der Waals surface area (Å²) in [5, 5.41) is 29.3. The molecule has 1 aliphatic carbocycles. The molecule has 0 saturated heterocycles. The van der Waals surface area contributed by atoms with E-state index in [1.54, 1.807) is 0 Å². The molecule has 1 aliphatic rings. The lowest BCUT2D eigenvalue weighted by molar-refractivity contribution is -0.137. The Hall–Kier alpha value is -1.56. The van der Waals surface area contributed by atoms with Crippen molar-refractivity contribution < 1.29 is 24.9 Å². The molecule has 6 heteroatoms. The fourth-order valence-electron chi connectivity index (χ4n) is 4.17. The van der Waals surface area contributed by atoms with Crippen LogP contribution in [0.2, 0.25) is 0 Å². The van der Waals surface area contributed by atoms with Gasteiger partial charge < -0.3 is 20.1 Å². The number of ether oxygens (including phenoxy) is 1. The van der Waals surface area contributed by atoms with Crippen LogP contribution in [0.1, 0.15) is 76.4 Å². The molecule has 3 N–H and O–H groups in total. The Kier molecular flexibility index (Phi) is 11.4. The molecule has 5 atom stereocenters. The minimum Gasteiger partial charge on any atom is -0.493 e. The van der Waals surface area contributed by atoms with Crippen molar-refractivity contribution in [3.63, 3.8) is 0 Å². The van der Waals surface area contributed by atoms with E-state index in [0.29, 0.717) is 19.4 Å². The molecule has 1 fully saturated rings. The summed E-state index contributed by atoms with van der Waals surface area (Å²) < 4.78 is 5.95. The second-order valence-electron chi connectivity index (χ2n) is 8.53. The number of carboxylic acid groups (broad SMARTS) is 1. The summed E-state index contributed by atoms with van der Waals surface area (Å²) in [7, 11) is 0. The molecule has 0 radical (unpaired) electrons. The highest BCUT2D eigenvalue weighted by atomic mass is 35.5. The van der Waals surface area contributed by atoms with Gasteiger partial charge >= 0.3 is 5.97 Å².